The molecule has 6 nitrogen and oxygen atoms in total. The summed E-state index contributed by atoms with van der Waals surface area (Å²) < 4.78 is 11.0. The van der Waals surface area contributed by atoms with Crippen LogP contribution in [0.15, 0.2) is 44.4 Å². The van der Waals surface area contributed by atoms with Crippen molar-refractivity contribution < 1.29 is 13.6 Å². The molecule has 146 valence electrons. The van der Waals surface area contributed by atoms with Crippen LogP contribution in [0.1, 0.15) is 45.2 Å². The molecule has 0 atom stereocenters. The smallest absolute Gasteiger partial charge is 0.255 e. The van der Waals surface area contributed by atoms with Crippen LogP contribution in [0.2, 0.25) is 0 Å². The van der Waals surface area contributed by atoms with E-state index in [0.29, 0.717) is 17.9 Å². The Bertz CT molecular complexity index is 983. The van der Waals surface area contributed by atoms with Gasteiger partial charge in [-0.15, -0.1) is 11.3 Å². The largest absolute Gasteiger partial charge is 0.467 e. The minimum Gasteiger partial charge on any atom is -0.467 e. The Balaban J connectivity index is 1.59. The third-order valence-electron chi connectivity index (χ3n) is 4.75. The van der Waals surface area contributed by atoms with Crippen LogP contribution in [0.3, 0.4) is 0 Å². The van der Waals surface area contributed by atoms with Crippen molar-refractivity contribution in [1.29, 1.82) is 0 Å². The van der Waals surface area contributed by atoms with Crippen LogP contribution >= 0.6 is 11.3 Å². The quantitative estimate of drug-likeness (QED) is 0.619. The van der Waals surface area contributed by atoms with Crippen molar-refractivity contribution in [3.63, 3.8) is 0 Å². The lowest BCUT2D eigenvalue weighted by molar-refractivity contribution is 0.0948. The Hall–Kier alpha value is -2.80. The minimum atomic E-state index is -0.101. The van der Waals surface area contributed by atoms with Gasteiger partial charge in [0.2, 0.25) is 0 Å². The first-order valence-corrected chi connectivity index (χ1v) is 10.2. The molecule has 0 bridgehead atoms. The van der Waals surface area contributed by atoms with Crippen molar-refractivity contribution in [2.24, 2.45) is 4.99 Å². The van der Waals surface area contributed by atoms with Crippen LogP contribution in [0.25, 0.3) is 0 Å². The first-order chi connectivity index (χ1) is 13.6. The van der Waals surface area contributed by atoms with E-state index < -0.39 is 0 Å². The summed E-state index contributed by atoms with van der Waals surface area (Å²) in [7, 11) is 3.85. The van der Waals surface area contributed by atoms with E-state index in [2.05, 4.69) is 10.3 Å². The van der Waals surface area contributed by atoms with E-state index in [0.717, 1.165) is 47.9 Å². The third-order valence-corrected chi connectivity index (χ3v) is 5.95. The van der Waals surface area contributed by atoms with Gasteiger partial charge in [-0.2, -0.15) is 0 Å². The van der Waals surface area contributed by atoms with Crippen LogP contribution in [0.5, 0.6) is 0 Å². The summed E-state index contributed by atoms with van der Waals surface area (Å²) in [6.07, 6.45) is 7.50. The molecule has 0 fully saturated rings. The molecule has 0 spiro atoms. The standard InChI is InChI=1S/C21H23N3O3S/c1-24(2)18-10-9-15(27-18)13-23-21-19(16-7-3-4-8-17(16)28-21)20(25)22-12-14-6-5-11-26-14/h5-6,9-11,13H,3-4,7-8,12H2,1-2H3,(H,22,25). The summed E-state index contributed by atoms with van der Waals surface area (Å²) in [4.78, 5) is 20.7. The summed E-state index contributed by atoms with van der Waals surface area (Å²) in [5, 5.41) is 3.71. The molecule has 3 aromatic heterocycles. The number of amides is 1. The zero-order valence-electron chi connectivity index (χ0n) is 16.0. The highest BCUT2D eigenvalue weighted by Gasteiger charge is 2.25. The lowest BCUT2D eigenvalue weighted by Gasteiger charge is -2.12. The molecule has 0 aliphatic heterocycles. The highest BCUT2D eigenvalue weighted by molar-refractivity contribution is 7.16. The molecule has 3 aromatic rings. The van der Waals surface area contributed by atoms with E-state index in [-0.39, 0.29) is 5.91 Å². The second-order valence-corrected chi connectivity index (χ2v) is 8.07. The Morgan fingerprint density at radius 3 is 2.89 bits per heavy atom. The molecule has 0 radical (unpaired) electrons. The maximum atomic E-state index is 12.9. The molecule has 1 N–H and O–H groups in total. The Morgan fingerprint density at radius 2 is 2.14 bits per heavy atom. The van der Waals surface area contributed by atoms with Gasteiger partial charge in [-0.1, -0.05) is 0 Å². The number of thiophene rings is 1. The summed E-state index contributed by atoms with van der Waals surface area (Å²) in [5.41, 5.74) is 1.84. The number of nitrogens with one attached hydrogen (secondary N) is 1. The molecule has 4 rings (SSSR count). The molecule has 0 unspecified atom stereocenters. The SMILES string of the molecule is CN(C)c1ccc(C=Nc2sc3c(c2C(=O)NCc2ccco2)CCCC3)o1. The number of furan rings is 2. The second-order valence-electron chi connectivity index (χ2n) is 6.98. The molecule has 1 amide bonds. The molecular formula is C21H23N3O3S. The van der Waals surface area contributed by atoms with Crippen LogP contribution in [0.4, 0.5) is 10.9 Å². The predicted octanol–water partition coefficient (Wildman–Crippen LogP) is 4.56. The van der Waals surface area contributed by atoms with E-state index in [1.165, 1.54) is 4.88 Å². The molecule has 7 heteroatoms. The highest BCUT2D eigenvalue weighted by Crippen LogP contribution is 2.40. The lowest BCUT2D eigenvalue weighted by Crippen LogP contribution is -2.23. The fraction of sp³-hybridized carbons (Fsp3) is 0.333. The highest BCUT2D eigenvalue weighted by atomic mass is 32.1. The fourth-order valence-electron chi connectivity index (χ4n) is 3.32. The van der Waals surface area contributed by atoms with Gasteiger partial charge in [0.25, 0.3) is 5.91 Å². The number of nitrogens with zero attached hydrogens (tertiary/aromatic N) is 2. The van der Waals surface area contributed by atoms with Crippen molar-refractivity contribution >= 4 is 34.3 Å². The molecule has 0 aromatic carbocycles. The molecule has 28 heavy (non-hydrogen) atoms. The second kappa shape index (κ2) is 8.06. The van der Waals surface area contributed by atoms with Crippen LogP contribution in [-0.2, 0) is 19.4 Å². The Kier molecular flexibility index (Phi) is 5.34. The van der Waals surface area contributed by atoms with Gasteiger partial charge in [0.1, 0.15) is 16.5 Å². The summed E-state index contributed by atoms with van der Waals surface area (Å²) in [5.74, 6) is 2.06. The summed E-state index contributed by atoms with van der Waals surface area (Å²) in [6.45, 7) is 0.365. The average Bonchev–Trinajstić information content (AvgIpc) is 3.43. The van der Waals surface area contributed by atoms with Crippen molar-refractivity contribution in [2.45, 2.75) is 32.2 Å². The van der Waals surface area contributed by atoms with Gasteiger partial charge in [0, 0.05) is 25.0 Å². The van der Waals surface area contributed by atoms with Crippen molar-refractivity contribution in [1.82, 2.24) is 5.32 Å². The van der Waals surface area contributed by atoms with E-state index in [4.69, 9.17) is 8.83 Å². The topological polar surface area (TPSA) is 71.0 Å². The van der Waals surface area contributed by atoms with Crippen molar-refractivity contribution in [3.05, 3.63) is 58.1 Å². The van der Waals surface area contributed by atoms with Crippen LogP contribution in [0, 0.1) is 0 Å². The zero-order chi connectivity index (χ0) is 19.5. The molecule has 1 aliphatic carbocycles. The number of aryl methyl sites for hydroxylation is 1. The van der Waals surface area contributed by atoms with Crippen molar-refractivity contribution in [2.75, 3.05) is 19.0 Å². The number of carbonyl (C=O) groups excluding carboxylic acids is 1. The van der Waals surface area contributed by atoms with Gasteiger partial charge < -0.3 is 19.1 Å². The van der Waals surface area contributed by atoms with E-state index in [1.807, 2.05) is 43.3 Å². The van der Waals surface area contributed by atoms with Gasteiger partial charge in [-0.05, 0) is 49.4 Å². The van der Waals surface area contributed by atoms with Gasteiger partial charge in [-0.25, -0.2) is 4.99 Å². The minimum absolute atomic E-state index is 0.101. The third kappa shape index (κ3) is 3.89. The first kappa shape index (κ1) is 18.6. The van der Waals surface area contributed by atoms with Gasteiger partial charge in [0.05, 0.1) is 24.6 Å². The van der Waals surface area contributed by atoms with Gasteiger partial charge >= 0.3 is 0 Å². The molecular weight excluding hydrogens is 374 g/mol. The molecule has 3 heterocycles. The van der Waals surface area contributed by atoms with E-state index in [9.17, 15) is 4.79 Å². The van der Waals surface area contributed by atoms with Gasteiger partial charge in [-0.3, -0.25) is 4.79 Å². The summed E-state index contributed by atoms with van der Waals surface area (Å²) in [6, 6.07) is 7.44. The summed E-state index contributed by atoms with van der Waals surface area (Å²) >= 11 is 1.61. The number of hydrogen-bond donors (Lipinski definition) is 1. The molecule has 0 saturated heterocycles. The Morgan fingerprint density at radius 1 is 1.29 bits per heavy atom. The number of hydrogen-bond acceptors (Lipinski definition) is 6. The number of rotatable bonds is 6. The normalized spacial score (nSPS) is 13.6. The molecule has 1 aliphatic rings. The average molecular weight is 398 g/mol. The number of carbonyl (C=O) groups is 1. The lowest BCUT2D eigenvalue weighted by atomic mass is 9.95. The maximum Gasteiger partial charge on any atom is 0.255 e. The van der Waals surface area contributed by atoms with Crippen LogP contribution < -0.4 is 10.2 Å². The van der Waals surface area contributed by atoms with Crippen molar-refractivity contribution in [3.8, 4) is 0 Å². The Labute approximate surface area is 167 Å². The maximum absolute atomic E-state index is 12.9. The molecule has 0 saturated carbocycles. The van der Waals surface area contributed by atoms with Crippen LogP contribution in [-0.4, -0.2) is 26.2 Å². The van der Waals surface area contributed by atoms with E-state index in [1.54, 1.807) is 23.8 Å². The van der Waals surface area contributed by atoms with Gasteiger partial charge in [0.15, 0.2) is 5.88 Å². The predicted molar refractivity (Wildman–Crippen MR) is 111 cm³/mol. The monoisotopic (exact) mass is 397 g/mol. The van der Waals surface area contributed by atoms with E-state index >= 15 is 0 Å². The fourth-order valence-corrected chi connectivity index (χ4v) is 4.55. The number of fused-ring (bicyclic) bond motifs is 1. The number of aliphatic imine (C=N–C) groups is 1. The number of anilines is 1. The zero-order valence-corrected chi connectivity index (χ0v) is 16.8. The first-order valence-electron chi connectivity index (χ1n) is 9.38.